The van der Waals surface area contributed by atoms with Gasteiger partial charge < -0.3 is 20.3 Å². The smallest absolute Gasteiger partial charge is 0.225 e. The monoisotopic (exact) mass is 283 g/mol. The number of amides is 2. The molecule has 2 aliphatic rings. The Morgan fingerprint density at radius 2 is 2.10 bits per heavy atom. The molecule has 2 N–H and O–H groups in total. The topological polar surface area (TPSA) is 70.7 Å². The molecule has 2 amide bonds. The molecule has 0 bridgehead atoms. The Morgan fingerprint density at radius 1 is 1.35 bits per heavy atom. The predicted molar refractivity (Wildman–Crippen MR) is 75.3 cm³/mol. The SMILES string of the molecule is CCC(=O)NC1CCN(C(=O)CC2CNCCO2)CC1. The van der Waals surface area contributed by atoms with E-state index in [0.29, 0.717) is 19.4 Å². The summed E-state index contributed by atoms with van der Waals surface area (Å²) < 4.78 is 5.56. The number of rotatable bonds is 4. The summed E-state index contributed by atoms with van der Waals surface area (Å²) in [6.07, 6.45) is 2.68. The highest BCUT2D eigenvalue weighted by Gasteiger charge is 2.26. The molecule has 2 saturated heterocycles. The fourth-order valence-electron chi connectivity index (χ4n) is 2.68. The predicted octanol–water partition coefficient (Wildman–Crippen LogP) is -0.118. The molecular weight excluding hydrogens is 258 g/mol. The van der Waals surface area contributed by atoms with E-state index in [2.05, 4.69) is 10.6 Å². The number of ether oxygens (including phenoxy) is 1. The first-order chi connectivity index (χ1) is 9.69. The number of likely N-dealkylation sites (tertiary alicyclic amines) is 1. The lowest BCUT2D eigenvalue weighted by Crippen LogP contribution is -2.48. The Hall–Kier alpha value is -1.14. The van der Waals surface area contributed by atoms with Crippen molar-refractivity contribution in [3.05, 3.63) is 0 Å². The van der Waals surface area contributed by atoms with Crippen LogP contribution < -0.4 is 10.6 Å². The number of carbonyl (C=O) groups excluding carboxylic acids is 2. The molecular formula is C14H25N3O3. The van der Waals surface area contributed by atoms with Crippen molar-refractivity contribution in [3.63, 3.8) is 0 Å². The zero-order valence-electron chi connectivity index (χ0n) is 12.2. The Balaban J connectivity index is 1.69. The van der Waals surface area contributed by atoms with Gasteiger partial charge in [-0.25, -0.2) is 0 Å². The van der Waals surface area contributed by atoms with Crippen molar-refractivity contribution >= 4 is 11.8 Å². The summed E-state index contributed by atoms with van der Waals surface area (Å²) in [4.78, 5) is 25.4. The zero-order chi connectivity index (χ0) is 14.4. The third-order valence-corrected chi connectivity index (χ3v) is 3.94. The van der Waals surface area contributed by atoms with Gasteiger partial charge in [-0.15, -0.1) is 0 Å². The molecule has 0 aromatic heterocycles. The normalized spacial score (nSPS) is 24.4. The minimum absolute atomic E-state index is 0.00812. The molecule has 6 nitrogen and oxygen atoms in total. The molecule has 1 atom stereocenters. The van der Waals surface area contributed by atoms with Crippen molar-refractivity contribution in [1.29, 1.82) is 0 Å². The minimum Gasteiger partial charge on any atom is -0.375 e. The van der Waals surface area contributed by atoms with Crippen molar-refractivity contribution in [2.75, 3.05) is 32.8 Å². The van der Waals surface area contributed by atoms with E-state index in [1.54, 1.807) is 0 Å². The van der Waals surface area contributed by atoms with Crippen molar-refractivity contribution in [3.8, 4) is 0 Å². The van der Waals surface area contributed by atoms with E-state index in [1.165, 1.54) is 0 Å². The summed E-state index contributed by atoms with van der Waals surface area (Å²) in [6.45, 7) is 5.62. The molecule has 2 rings (SSSR count). The summed E-state index contributed by atoms with van der Waals surface area (Å²) in [5.41, 5.74) is 0. The lowest BCUT2D eigenvalue weighted by Gasteiger charge is -2.33. The van der Waals surface area contributed by atoms with Crippen LogP contribution in [0.4, 0.5) is 0 Å². The van der Waals surface area contributed by atoms with Crippen molar-refractivity contribution in [1.82, 2.24) is 15.5 Å². The van der Waals surface area contributed by atoms with Crippen LogP contribution in [0.3, 0.4) is 0 Å². The molecule has 0 spiro atoms. The number of carbonyl (C=O) groups is 2. The quantitative estimate of drug-likeness (QED) is 0.755. The second-order valence-electron chi connectivity index (χ2n) is 5.48. The molecule has 2 aliphatic heterocycles. The van der Waals surface area contributed by atoms with Gasteiger partial charge in [-0.05, 0) is 12.8 Å². The molecule has 1 unspecified atom stereocenters. The van der Waals surface area contributed by atoms with Gasteiger partial charge >= 0.3 is 0 Å². The zero-order valence-corrected chi connectivity index (χ0v) is 12.2. The van der Waals surface area contributed by atoms with Crippen LogP contribution in [-0.2, 0) is 14.3 Å². The van der Waals surface area contributed by atoms with Gasteiger partial charge in [-0.1, -0.05) is 6.92 Å². The summed E-state index contributed by atoms with van der Waals surface area (Å²) in [7, 11) is 0. The molecule has 6 heteroatoms. The van der Waals surface area contributed by atoms with Crippen molar-refractivity contribution < 1.29 is 14.3 Å². The van der Waals surface area contributed by atoms with E-state index in [-0.39, 0.29) is 24.0 Å². The van der Waals surface area contributed by atoms with E-state index in [1.807, 2.05) is 11.8 Å². The molecule has 0 aromatic carbocycles. The van der Waals surface area contributed by atoms with E-state index in [0.717, 1.165) is 39.0 Å². The average molecular weight is 283 g/mol. The molecule has 20 heavy (non-hydrogen) atoms. The number of morpholine rings is 1. The third kappa shape index (κ3) is 4.45. The molecule has 0 aromatic rings. The van der Waals surface area contributed by atoms with Gasteiger partial charge in [0.1, 0.15) is 0 Å². The van der Waals surface area contributed by atoms with E-state index < -0.39 is 0 Å². The molecule has 0 radical (unpaired) electrons. The average Bonchev–Trinajstić information content (AvgIpc) is 2.49. The van der Waals surface area contributed by atoms with Crippen LogP contribution in [0.25, 0.3) is 0 Å². The van der Waals surface area contributed by atoms with Crippen LogP contribution in [0.2, 0.25) is 0 Å². The van der Waals surface area contributed by atoms with E-state index in [4.69, 9.17) is 4.74 Å². The second-order valence-corrected chi connectivity index (χ2v) is 5.48. The van der Waals surface area contributed by atoms with Crippen LogP contribution >= 0.6 is 0 Å². The van der Waals surface area contributed by atoms with E-state index >= 15 is 0 Å². The highest BCUT2D eigenvalue weighted by Crippen LogP contribution is 2.13. The number of nitrogens with zero attached hydrogens (tertiary/aromatic N) is 1. The number of nitrogens with one attached hydrogen (secondary N) is 2. The van der Waals surface area contributed by atoms with E-state index in [9.17, 15) is 9.59 Å². The summed E-state index contributed by atoms with van der Waals surface area (Å²) in [6, 6.07) is 0.221. The molecule has 2 heterocycles. The van der Waals surface area contributed by atoms with Gasteiger partial charge in [0.25, 0.3) is 0 Å². The second kappa shape index (κ2) is 7.59. The van der Waals surface area contributed by atoms with Gasteiger partial charge in [0.05, 0.1) is 19.1 Å². The van der Waals surface area contributed by atoms with Gasteiger partial charge in [0, 0.05) is 38.6 Å². The first-order valence-electron chi connectivity index (χ1n) is 7.58. The fourth-order valence-corrected chi connectivity index (χ4v) is 2.68. The minimum atomic E-state index is 0.00812. The molecule has 0 saturated carbocycles. The maximum absolute atomic E-state index is 12.2. The van der Waals surface area contributed by atoms with Crippen LogP contribution in [-0.4, -0.2) is 61.6 Å². The largest absolute Gasteiger partial charge is 0.375 e. The number of hydrogen-bond acceptors (Lipinski definition) is 4. The third-order valence-electron chi connectivity index (χ3n) is 3.94. The van der Waals surface area contributed by atoms with Gasteiger partial charge in [-0.3, -0.25) is 9.59 Å². The maximum atomic E-state index is 12.2. The molecule has 2 fully saturated rings. The number of piperidine rings is 1. The van der Waals surface area contributed by atoms with Gasteiger partial charge in [0.15, 0.2) is 0 Å². The van der Waals surface area contributed by atoms with Gasteiger partial charge in [0.2, 0.25) is 11.8 Å². The highest BCUT2D eigenvalue weighted by molar-refractivity contribution is 5.77. The van der Waals surface area contributed by atoms with Crippen LogP contribution in [0.1, 0.15) is 32.6 Å². The van der Waals surface area contributed by atoms with Crippen LogP contribution in [0, 0.1) is 0 Å². The van der Waals surface area contributed by atoms with Gasteiger partial charge in [-0.2, -0.15) is 0 Å². The molecule has 114 valence electrons. The lowest BCUT2D eigenvalue weighted by molar-refractivity contribution is -0.135. The van der Waals surface area contributed by atoms with Crippen LogP contribution in [0.5, 0.6) is 0 Å². The first kappa shape index (κ1) is 15.3. The Bertz CT molecular complexity index is 335. The Labute approximate surface area is 120 Å². The fraction of sp³-hybridized carbons (Fsp3) is 0.857. The standard InChI is InChI=1S/C14H25N3O3/c1-2-13(18)16-11-3-6-17(7-4-11)14(19)9-12-10-15-5-8-20-12/h11-12,15H,2-10H2,1H3,(H,16,18). The van der Waals surface area contributed by atoms with Crippen molar-refractivity contribution in [2.45, 2.75) is 44.8 Å². The highest BCUT2D eigenvalue weighted by atomic mass is 16.5. The summed E-state index contributed by atoms with van der Waals surface area (Å²) >= 11 is 0. The first-order valence-corrected chi connectivity index (χ1v) is 7.58. The summed E-state index contributed by atoms with van der Waals surface area (Å²) in [5.74, 6) is 0.260. The number of hydrogen-bond donors (Lipinski definition) is 2. The Kier molecular flexibility index (Phi) is 5.79. The van der Waals surface area contributed by atoms with Crippen LogP contribution in [0.15, 0.2) is 0 Å². The Morgan fingerprint density at radius 3 is 2.70 bits per heavy atom. The summed E-state index contributed by atoms with van der Waals surface area (Å²) in [5, 5.41) is 6.23. The maximum Gasteiger partial charge on any atom is 0.225 e. The molecule has 0 aliphatic carbocycles. The lowest BCUT2D eigenvalue weighted by atomic mass is 10.0. The van der Waals surface area contributed by atoms with Crippen molar-refractivity contribution in [2.24, 2.45) is 0 Å².